The van der Waals surface area contributed by atoms with Gasteiger partial charge in [-0.3, -0.25) is 0 Å². The van der Waals surface area contributed by atoms with Gasteiger partial charge in [0.25, 0.3) is 0 Å². The van der Waals surface area contributed by atoms with Gasteiger partial charge in [-0.05, 0) is 12.1 Å². The van der Waals surface area contributed by atoms with Crippen LogP contribution in [-0.4, -0.2) is 9.38 Å². The lowest BCUT2D eigenvalue weighted by Gasteiger charge is -2.20. The van der Waals surface area contributed by atoms with Crippen molar-refractivity contribution < 1.29 is 0 Å². The third-order valence-electron chi connectivity index (χ3n) is 2.22. The Morgan fingerprint density at radius 3 is 2.69 bits per heavy atom. The van der Waals surface area contributed by atoms with Crippen molar-refractivity contribution in [3.63, 3.8) is 0 Å². The largest absolute Gasteiger partial charge is 0.303 e. The van der Waals surface area contributed by atoms with Crippen LogP contribution in [0.25, 0.3) is 5.52 Å². The molecule has 0 spiro atoms. The first-order valence-corrected chi connectivity index (χ1v) is 4.50. The highest BCUT2D eigenvalue weighted by Crippen LogP contribution is 2.22. The summed E-state index contributed by atoms with van der Waals surface area (Å²) >= 11 is 0. The van der Waals surface area contributed by atoms with Crippen LogP contribution in [0.4, 0.5) is 0 Å². The SMILES string of the molecule is CC(C)(C)c1cccc2cncn12. The van der Waals surface area contributed by atoms with Crippen molar-refractivity contribution in [2.24, 2.45) is 0 Å². The second kappa shape index (κ2) is 2.59. The van der Waals surface area contributed by atoms with Crippen LogP contribution < -0.4 is 0 Å². The zero-order valence-corrected chi connectivity index (χ0v) is 8.28. The van der Waals surface area contributed by atoms with Crippen LogP contribution in [0, 0.1) is 0 Å². The lowest BCUT2D eigenvalue weighted by molar-refractivity contribution is 0.560. The van der Waals surface area contributed by atoms with Gasteiger partial charge in [0.05, 0.1) is 18.0 Å². The molecule has 2 heterocycles. The minimum Gasteiger partial charge on any atom is -0.303 e. The van der Waals surface area contributed by atoms with E-state index in [9.17, 15) is 0 Å². The Labute approximate surface area is 78.2 Å². The topological polar surface area (TPSA) is 17.3 Å². The molecule has 2 nitrogen and oxygen atoms in total. The van der Waals surface area contributed by atoms with Crippen molar-refractivity contribution in [1.82, 2.24) is 9.38 Å². The van der Waals surface area contributed by atoms with E-state index >= 15 is 0 Å². The van der Waals surface area contributed by atoms with Crippen LogP contribution in [0.1, 0.15) is 26.5 Å². The third kappa shape index (κ3) is 1.32. The fourth-order valence-electron chi connectivity index (χ4n) is 1.56. The van der Waals surface area contributed by atoms with Crippen molar-refractivity contribution >= 4 is 5.52 Å². The first-order valence-electron chi connectivity index (χ1n) is 4.50. The van der Waals surface area contributed by atoms with Crippen molar-refractivity contribution in [2.75, 3.05) is 0 Å². The van der Waals surface area contributed by atoms with E-state index in [2.05, 4.69) is 48.4 Å². The van der Waals surface area contributed by atoms with Crippen molar-refractivity contribution in [1.29, 1.82) is 0 Å². The summed E-state index contributed by atoms with van der Waals surface area (Å²) in [6.07, 6.45) is 3.76. The Morgan fingerprint density at radius 2 is 2.00 bits per heavy atom. The van der Waals surface area contributed by atoms with Crippen LogP contribution in [0.2, 0.25) is 0 Å². The van der Waals surface area contributed by atoms with Crippen LogP contribution in [0.3, 0.4) is 0 Å². The molecule has 0 fully saturated rings. The Bertz CT molecular complexity index is 421. The zero-order valence-electron chi connectivity index (χ0n) is 8.28. The molecule has 0 aromatic carbocycles. The predicted octanol–water partition coefficient (Wildman–Crippen LogP) is 2.63. The molecule has 2 rings (SSSR count). The molecule has 2 aromatic rings. The molecule has 0 bridgehead atoms. The van der Waals surface area contributed by atoms with Crippen molar-refractivity contribution in [3.8, 4) is 0 Å². The van der Waals surface area contributed by atoms with Crippen LogP contribution in [-0.2, 0) is 5.41 Å². The number of imidazole rings is 1. The van der Waals surface area contributed by atoms with Gasteiger partial charge in [-0.15, -0.1) is 0 Å². The number of pyridine rings is 1. The van der Waals surface area contributed by atoms with Gasteiger partial charge in [0.1, 0.15) is 0 Å². The minimum absolute atomic E-state index is 0.167. The average Bonchev–Trinajstić information content (AvgIpc) is 2.48. The zero-order chi connectivity index (χ0) is 9.47. The molecule has 0 radical (unpaired) electrons. The Morgan fingerprint density at radius 1 is 1.23 bits per heavy atom. The van der Waals surface area contributed by atoms with E-state index in [4.69, 9.17) is 0 Å². The van der Waals surface area contributed by atoms with E-state index in [0.29, 0.717) is 0 Å². The Kier molecular flexibility index (Phi) is 1.65. The molecule has 2 heteroatoms. The predicted molar refractivity (Wildman–Crippen MR) is 53.9 cm³/mol. The summed E-state index contributed by atoms with van der Waals surface area (Å²) in [6, 6.07) is 6.30. The summed E-state index contributed by atoms with van der Waals surface area (Å²) in [7, 11) is 0. The van der Waals surface area contributed by atoms with E-state index in [1.54, 1.807) is 0 Å². The molecule has 0 aliphatic rings. The Hall–Kier alpha value is -1.31. The standard InChI is InChI=1S/C11H14N2/c1-11(2,3)10-6-4-5-9-7-12-8-13(9)10/h4-8H,1-3H3. The van der Waals surface area contributed by atoms with Gasteiger partial charge in [0, 0.05) is 11.1 Å². The quantitative estimate of drug-likeness (QED) is 0.600. The summed E-state index contributed by atoms with van der Waals surface area (Å²) in [4.78, 5) is 4.14. The molecule has 0 aliphatic heterocycles. The highest BCUT2D eigenvalue weighted by molar-refractivity contribution is 5.46. The molecule has 0 unspecified atom stereocenters. The average molecular weight is 174 g/mol. The summed E-state index contributed by atoms with van der Waals surface area (Å²) < 4.78 is 2.14. The third-order valence-corrected chi connectivity index (χ3v) is 2.22. The van der Waals surface area contributed by atoms with Crippen LogP contribution in [0.5, 0.6) is 0 Å². The van der Waals surface area contributed by atoms with Gasteiger partial charge in [0.15, 0.2) is 0 Å². The van der Waals surface area contributed by atoms with E-state index < -0.39 is 0 Å². The number of nitrogens with zero attached hydrogens (tertiary/aromatic N) is 2. The molecular formula is C11H14N2. The van der Waals surface area contributed by atoms with E-state index in [0.717, 1.165) is 5.52 Å². The maximum Gasteiger partial charge on any atom is 0.0994 e. The van der Waals surface area contributed by atoms with Gasteiger partial charge in [0.2, 0.25) is 0 Å². The minimum atomic E-state index is 0.167. The first kappa shape index (κ1) is 8.30. The molecule has 2 aromatic heterocycles. The second-order valence-corrected chi connectivity index (χ2v) is 4.35. The monoisotopic (exact) mass is 174 g/mol. The molecule has 0 aliphatic carbocycles. The highest BCUT2D eigenvalue weighted by atomic mass is 15.0. The number of fused-ring (bicyclic) bond motifs is 1. The van der Waals surface area contributed by atoms with Crippen LogP contribution in [0.15, 0.2) is 30.7 Å². The van der Waals surface area contributed by atoms with Gasteiger partial charge in [-0.1, -0.05) is 26.8 Å². The molecular weight excluding hydrogens is 160 g/mol. The van der Waals surface area contributed by atoms with Gasteiger partial charge >= 0.3 is 0 Å². The highest BCUT2D eigenvalue weighted by Gasteiger charge is 2.16. The van der Waals surface area contributed by atoms with Crippen molar-refractivity contribution in [2.45, 2.75) is 26.2 Å². The van der Waals surface area contributed by atoms with Gasteiger partial charge in [-0.25, -0.2) is 4.98 Å². The molecule has 0 atom stereocenters. The van der Waals surface area contributed by atoms with Gasteiger partial charge < -0.3 is 4.40 Å². The molecule has 0 N–H and O–H groups in total. The van der Waals surface area contributed by atoms with E-state index in [-0.39, 0.29) is 5.41 Å². The summed E-state index contributed by atoms with van der Waals surface area (Å²) in [6.45, 7) is 6.63. The summed E-state index contributed by atoms with van der Waals surface area (Å²) in [5.41, 5.74) is 2.62. The van der Waals surface area contributed by atoms with Crippen molar-refractivity contribution in [3.05, 3.63) is 36.4 Å². The van der Waals surface area contributed by atoms with E-state index in [1.165, 1.54) is 5.69 Å². The van der Waals surface area contributed by atoms with E-state index in [1.807, 2.05) is 12.5 Å². The number of aromatic nitrogens is 2. The summed E-state index contributed by atoms with van der Waals surface area (Å²) in [5.74, 6) is 0. The molecule has 0 amide bonds. The maximum absolute atomic E-state index is 4.14. The summed E-state index contributed by atoms with van der Waals surface area (Å²) in [5, 5.41) is 0. The molecule has 0 saturated heterocycles. The smallest absolute Gasteiger partial charge is 0.0994 e. The fourth-order valence-corrected chi connectivity index (χ4v) is 1.56. The number of hydrogen-bond acceptors (Lipinski definition) is 1. The lowest BCUT2D eigenvalue weighted by atomic mass is 9.91. The van der Waals surface area contributed by atoms with Crippen LogP contribution >= 0.6 is 0 Å². The molecule has 0 saturated carbocycles. The fraction of sp³-hybridized carbons (Fsp3) is 0.364. The van der Waals surface area contributed by atoms with Gasteiger partial charge in [-0.2, -0.15) is 0 Å². The Balaban J connectivity index is 2.75. The molecule has 68 valence electrons. The first-order chi connectivity index (χ1) is 6.09. The second-order valence-electron chi connectivity index (χ2n) is 4.35. The molecule has 13 heavy (non-hydrogen) atoms. The lowest BCUT2D eigenvalue weighted by Crippen LogP contribution is -2.15. The number of rotatable bonds is 0. The maximum atomic E-state index is 4.14. The number of hydrogen-bond donors (Lipinski definition) is 0. The normalized spacial score (nSPS) is 12.2.